The monoisotopic (exact) mass is 357 g/mol. The number of hydrogen-bond donors (Lipinski definition) is 0. The molecule has 0 spiro atoms. The van der Waals surface area contributed by atoms with E-state index in [0.717, 1.165) is 18.4 Å². The summed E-state index contributed by atoms with van der Waals surface area (Å²) in [6, 6.07) is 7.35. The fourth-order valence-corrected chi connectivity index (χ4v) is 3.38. The number of carbonyl (C=O) groups excluding carboxylic acids is 2. The zero-order chi connectivity index (χ0) is 18.7. The molecule has 2 heterocycles. The third-order valence-electron chi connectivity index (χ3n) is 4.75. The fourth-order valence-electron chi connectivity index (χ4n) is 3.38. The molecule has 26 heavy (non-hydrogen) atoms. The number of carbonyl (C=O) groups is 2. The van der Waals surface area contributed by atoms with Crippen molar-refractivity contribution in [3.63, 3.8) is 0 Å². The van der Waals surface area contributed by atoms with Crippen LogP contribution in [-0.4, -0.2) is 50.3 Å². The van der Waals surface area contributed by atoms with Crippen molar-refractivity contribution < 1.29 is 23.8 Å². The second kappa shape index (κ2) is 7.74. The van der Waals surface area contributed by atoms with Gasteiger partial charge in [-0.3, -0.25) is 4.79 Å². The van der Waals surface area contributed by atoms with Crippen molar-refractivity contribution in [2.24, 2.45) is 0 Å². The number of rotatable bonds is 5. The quantitative estimate of drug-likeness (QED) is 0.599. The van der Waals surface area contributed by atoms with E-state index < -0.39 is 5.97 Å². The van der Waals surface area contributed by atoms with Crippen LogP contribution in [0.3, 0.4) is 0 Å². The first kappa shape index (κ1) is 18.2. The summed E-state index contributed by atoms with van der Waals surface area (Å²) in [6.07, 6.45) is 3.59. The molecule has 0 unspecified atom stereocenters. The van der Waals surface area contributed by atoms with E-state index in [1.54, 1.807) is 25.0 Å². The summed E-state index contributed by atoms with van der Waals surface area (Å²) in [5.74, 6) is -0.108. The maximum atomic E-state index is 13.1. The maximum absolute atomic E-state index is 13.1. The van der Waals surface area contributed by atoms with Gasteiger partial charge < -0.3 is 19.1 Å². The molecule has 1 saturated heterocycles. The molecule has 1 aromatic carbocycles. The fraction of sp³-hybridized carbons (Fsp3) is 0.400. The lowest BCUT2D eigenvalue weighted by molar-refractivity contribution is -0.136. The Hall–Kier alpha value is -2.60. The molecule has 1 amide bonds. The van der Waals surface area contributed by atoms with Crippen LogP contribution in [0, 0.1) is 0 Å². The molecule has 0 aromatic heterocycles. The number of para-hydroxylation sites is 1. The highest BCUT2D eigenvalue weighted by molar-refractivity contribution is 6.16. The lowest BCUT2D eigenvalue weighted by Gasteiger charge is -2.21. The molecule has 0 aliphatic carbocycles. The number of amides is 1. The minimum atomic E-state index is -0.521. The van der Waals surface area contributed by atoms with Gasteiger partial charge in [-0.1, -0.05) is 18.2 Å². The molecule has 138 valence electrons. The van der Waals surface area contributed by atoms with Crippen LogP contribution in [-0.2, 0) is 19.1 Å². The third-order valence-corrected chi connectivity index (χ3v) is 4.75. The Labute approximate surface area is 153 Å². The summed E-state index contributed by atoms with van der Waals surface area (Å²) >= 11 is 0. The molecule has 1 fully saturated rings. The minimum absolute atomic E-state index is 0.00147. The van der Waals surface area contributed by atoms with Gasteiger partial charge in [0.1, 0.15) is 5.75 Å². The molecule has 0 radical (unpaired) electrons. The summed E-state index contributed by atoms with van der Waals surface area (Å²) in [6.45, 7) is 2.92. The number of ether oxygens (including phenoxy) is 3. The Morgan fingerprint density at radius 2 is 2.12 bits per heavy atom. The SMILES string of the molecule is COC(=O)C1=C(C)N(C[C@@H]2CCCO2)C(=O)/C1=C\c1ccccc1OC. The van der Waals surface area contributed by atoms with Gasteiger partial charge in [-0.15, -0.1) is 0 Å². The van der Waals surface area contributed by atoms with Crippen molar-refractivity contribution in [3.8, 4) is 5.75 Å². The van der Waals surface area contributed by atoms with E-state index in [1.807, 2.05) is 24.3 Å². The molecular formula is C20H23NO5. The lowest BCUT2D eigenvalue weighted by atomic mass is 10.0. The predicted molar refractivity (Wildman–Crippen MR) is 96.4 cm³/mol. The van der Waals surface area contributed by atoms with Gasteiger partial charge in [-0.25, -0.2) is 4.79 Å². The topological polar surface area (TPSA) is 65.1 Å². The van der Waals surface area contributed by atoms with Gasteiger partial charge in [-0.2, -0.15) is 0 Å². The molecule has 0 N–H and O–H groups in total. The van der Waals surface area contributed by atoms with E-state index in [-0.39, 0.29) is 12.0 Å². The number of methoxy groups -OCH3 is 2. The first-order valence-electron chi connectivity index (χ1n) is 8.64. The predicted octanol–water partition coefficient (Wildman–Crippen LogP) is 2.55. The Bertz CT molecular complexity index is 774. The largest absolute Gasteiger partial charge is 0.496 e. The summed E-state index contributed by atoms with van der Waals surface area (Å²) in [5.41, 5.74) is 1.93. The maximum Gasteiger partial charge on any atom is 0.340 e. The Kier molecular flexibility index (Phi) is 5.42. The van der Waals surface area contributed by atoms with Gasteiger partial charge in [0.05, 0.1) is 38.0 Å². The summed E-state index contributed by atoms with van der Waals surface area (Å²) in [4.78, 5) is 27.0. The highest BCUT2D eigenvalue weighted by Gasteiger charge is 2.38. The molecule has 6 nitrogen and oxygen atoms in total. The van der Waals surface area contributed by atoms with Crippen LogP contribution >= 0.6 is 0 Å². The van der Waals surface area contributed by atoms with Crippen molar-refractivity contribution in [3.05, 3.63) is 46.7 Å². The third kappa shape index (κ3) is 3.37. The van der Waals surface area contributed by atoms with Crippen LogP contribution in [0.2, 0.25) is 0 Å². The highest BCUT2D eigenvalue weighted by atomic mass is 16.5. The number of benzene rings is 1. The van der Waals surface area contributed by atoms with Gasteiger partial charge in [0.25, 0.3) is 5.91 Å². The second-order valence-corrected chi connectivity index (χ2v) is 6.30. The van der Waals surface area contributed by atoms with Gasteiger partial charge in [0, 0.05) is 17.9 Å². The van der Waals surface area contributed by atoms with Crippen LogP contribution in [0.1, 0.15) is 25.3 Å². The first-order chi connectivity index (χ1) is 12.6. The smallest absolute Gasteiger partial charge is 0.340 e. The van der Waals surface area contributed by atoms with E-state index in [9.17, 15) is 9.59 Å². The zero-order valence-corrected chi connectivity index (χ0v) is 15.3. The molecule has 1 atom stereocenters. The molecule has 0 bridgehead atoms. The van der Waals surface area contributed by atoms with Crippen LogP contribution < -0.4 is 4.74 Å². The van der Waals surface area contributed by atoms with E-state index in [2.05, 4.69) is 0 Å². The average Bonchev–Trinajstić information content (AvgIpc) is 3.25. The first-order valence-corrected chi connectivity index (χ1v) is 8.64. The van der Waals surface area contributed by atoms with Crippen LogP contribution in [0.25, 0.3) is 6.08 Å². The van der Waals surface area contributed by atoms with Gasteiger partial charge in [0.15, 0.2) is 0 Å². The summed E-state index contributed by atoms with van der Waals surface area (Å²) in [5, 5.41) is 0. The van der Waals surface area contributed by atoms with Crippen LogP contribution in [0.5, 0.6) is 5.75 Å². The second-order valence-electron chi connectivity index (χ2n) is 6.30. The minimum Gasteiger partial charge on any atom is -0.496 e. The molecular weight excluding hydrogens is 334 g/mol. The van der Waals surface area contributed by atoms with Gasteiger partial charge >= 0.3 is 5.97 Å². The van der Waals surface area contributed by atoms with Crippen molar-refractivity contribution in [1.29, 1.82) is 0 Å². The molecule has 3 rings (SSSR count). The number of hydrogen-bond acceptors (Lipinski definition) is 5. The number of allylic oxidation sites excluding steroid dienone is 1. The van der Waals surface area contributed by atoms with E-state index in [1.165, 1.54) is 7.11 Å². The normalized spacial score (nSPS) is 21.7. The van der Waals surface area contributed by atoms with Crippen molar-refractivity contribution in [1.82, 2.24) is 4.90 Å². The zero-order valence-electron chi connectivity index (χ0n) is 15.3. The molecule has 0 saturated carbocycles. The Morgan fingerprint density at radius 3 is 2.77 bits per heavy atom. The number of nitrogens with zero attached hydrogens (tertiary/aromatic N) is 1. The average molecular weight is 357 g/mol. The molecule has 2 aliphatic heterocycles. The van der Waals surface area contributed by atoms with Crippen molar-refractivity contribution in [2.75, 3.05) is 27.4 Å². The molecule has 2 aliphatic rings. The van der Waals surface area contributed by atoms with E-state index in [4.69, 9.17) is 14.2 Å². The van der Waals surface area contributed by atoms with Crippen LogP contribution in [0.4, 0.5) is 0 Å². The van der Waals surface area contributed by atoms with Crippen molar-refractivity contribution in [2.45, 2.75) is 25.9 Å². The van der Waals surface area contributed by atoms with Gasteiger partial charge in [0.2, 0.25) is 0 Å². The van der Waals surface area contributed by atoms with E-state index in [0.29, 0.717) is 35.7 Å². The van der Waals surface area contributed by atoms with Crippen LogP contribution in [0.15, 0.2) is 41.1 Å². The standard InChI is InChI=1S/C20H23NO5/c1-13-18(20(23)25-3)16(11-14-7-4-5-9-17(14)24-2)19(22)21(13)12-15-8-6-10-26-15/h4-5,7,9,11,15H,6,8,10,12H2,1-3H3/b16-11-/t15-/m0/s1. The Morgan fingerprint density at radius 1 is 1.35 bits per heavy atom. The highest BCUT2D eigenvalue weighted by Crippen LogP contribution is 2.34. The Balaban J connectivity index is 2.01. The lowest BCUT2D eigenvalue weighted by Crippen LogP contribution is -2.33. The van der Waals surface area contributed by atoms with E-state index >= 15 is 0 Å². The number of esters is 1. The molecule has 6 heteroatoms. The molecule has 1 aromatic rings. The van der Waals surface area contributed by atoms with Gasteiger partial charge in [-0.05, 0) is 31.9 Å². The van der Waals surface area contributed by atoms with Crippen molar-refractivity contribution >= 4 is 18.0 Å². The summed E-state index contributed by atoms with van der Waals surface area (Å²) in [7, 11) is 2.89. The summed E-state index contributed by atoms with van der Waals surface area (Å²) < 4.78 is 15.9.